The highest BCUT2D eigenvalue weighted by Gasteiger charge is 2.38. The third-order valence-corrected chi connectivity index (χ3v) is 6.43. The van der Waals surface area contributed by atoms with E-state index in [1.807, 2.05) is 4.90 Å². The highest BCUT2D eigenvalue weighted by Crippen LogP contribution is 2.27. The summed E-state index contributed by atoms with van der Waals surface area (Å²) >= 11 is 0. The minimum absolute atomic E-state index is 0.0562. The maximum atomic E-state index is 12.6. The van der Waals surface area contributed by atoms with Crippen molar-refractivity contribution in [3.8, 4) is 0 Å². The molecule has 0 aromatic heterocycles. The summed E-state index contributed by atoms with van der Waals surface area (Å²) in [6.45, 7) is 3.90. The van der Waals surface area contributed by atoms with Gasteiger partial charge in [-0.3, -0.25) is 4.79 Å². The Morgan fingerprint density at radius 2 is 1.78 bits per heavy atom. The topological polar surface area (TPSA) is 76.2 Å². The molecule has 0 aliphatic carbocycles. The SMILES string of the molecule is CS(=O)(=O)N1CCOC2CN(C(=O)C3CCOCC3)CCC2C1. The molecule has 3 aliphatic heterocycles. The minimum Gasteiger partial charge on any atom is -0.381 e. The number of amides is 1. The first-order valence-corrected chi connectivity index (χ1v) is 10.2. The van der Waals surface area contributed by atoms with E-state index >= 15 is 0 Å². The minimum atomic E-state index is -3.19. The van der Waals surface area contributed by atoms with Crippen molar-refractivity contribution in [1.29, 1.82) is 0 Å². The van der Waals surface area contributed by atoms with Crippen LogP contribution in [0.3, 0.4) is 0 Å². The first-order chi connectivity index (χ1) is 10.9. The van der Waals surface area contributed by atoms with E-state index in [4.69, 9.17) is 9.47 Å². The molecule has 3 rings (SSSR count). The first-order valence-electron chi connectivity index (χ1n) is 8.38. The molecule has 3 heterocycles. The second-order valence-corrected chi connectivity index (χ2v) is 8.73. The molecule has 23 heavy (non-hydrogen) atoms. The lowest BCUT2D eigenvalue weighted by Gasteiger charge is -2.39. The summed E-state index contributed by atoms with van der Waals surface area (Å²) in [5, 5.41) is 0. The van der Waals surface area contributed by atoms with Gasteiger partial charge in [-0.15, -0.1) is 0 Å². The van der Waals surface area contributed by atoms with Gasteiger partial charge in [0.2, 0.25) is 15.9 Å². The van der Waals surface area contributed by atoms with Gasteiger partial charge < -0.3 is 14.4 Å². The van der Waals surface area contributed by atoms with E-state index in [1.165, 1.54) is 10.6 Å². The van der Waals surface area contributed by atoms with Crippen molar-refractivity contribution >= 4 is 15.9 Å². The molecule has 3 fully saturated rings. The van der Waals surface area contributed by atoms with Gasteiger partial charge in [0.15, 0.2) is 0 Å². The van der Waals surface area contributed by atoms with Gasteiger partial charge in [-0.1, -0.05) is 0 Å². The Kier molecular flexibility index (Phi) is 5.25. The Morgan fingerprint density at radius 1 is 1.04 bits per heavy atom. The lowest BCUT2D eigenvalue weighted by atomic mass is 9.91. The average molecular weight is 346 g/mol. The normalized spacial score (nSPS) is 31.4. The van der Waals surface area contributed by atoms with Crippen LogP contribution in [0, 0.1) is 11.8 Å². The number of rotatable bonds is 2. The number of likely N-dealkylation sites (tertiary alicyclic amines) is 1. The molecule has 2 atom stereocenters. The Hall–Kier alpha value is -0.700. The van der Waals surface area contributed by atoms with Crippen molar-refractivity contribution in [3.05, 3.63) is 0 Å². The fourth-order valence-corrected chi connectivity index (χ4v) is 4.59. The number of carbonyl (C=O) groups is 1. The van der Waals surface area contributed by atoms with Crippen molar-refractivity contribution in [1.82, 2.24) is 9.21 Å². The Labute approximate surface area is 138 Å². The molecular formula is C15H26N2O5S. The predicted octanol–water partition coefficient (Wildman–Crippen LogP) is -0.0781. The van der Waals surface area contributed by atoms with Crippen molar-refractivity contribution in [2.75, 3.05) is 52.3 Å². The van der Waals surface area contributed by atoms with E-state index in [0.29, 0.717) is 46.0 Å². The maximum absolute atomic E-state index is 12.6. The van der Waals surface area contributed by atoms with Crippen LogP contribution in [0.15, 0.2) is 0 Å². The standard InChI is InChI=1S/C15H26N2O5S/c1-23(19,20)17-6-9-22-14-11-16(5-2-13(14)10-17)15(18)12-3-7-21-8-4-12/h12-14H,2-11H2,1H3. The zero-order valence-electron chi connectivity index (χ0n) is 13.6. The predicted molar refractivity (Wildman–Crippen MR) is 84.4 cm³/mol. The molecule has 2 unspecified atom stereocenters. The summed E-state index contributed by atoms with van der Waals surface area (Å²) in [6, 6.07) is 0. The molecule has 0 bridgehead atoms. The molecule has 0 saturated carbocycles. The number of fused-ring (bicyclic) bond motifs is 1. The number of nitrogens with zero attached hydrogens (tertiary/aromatic N) is 2. The summed E-state index contributed by atoms with van der Waals surface area (Å²) in [6.07, 6.45) is 3.58. The molecule has 0 radical (unpaired) electrons. The molecule has 3 aliphatic rings. The van der Waals surface area contributed by atoms with E-state index in [2.05, 4.69) is 0 Å². The number of ether oxygens (including phenoxy) is 2. The van der Waals surface area contributed by atoms with Crippen LogP contribution >= 0.6 is 0 Å². The molecular weight excluding hydrogens is 320 g/mol. The molecule has 7 nitrogen and oxygen atoms in total. The van der Waals surface area contributed by atoms with Gasteiger partial charge in [-0.25, -0.2) is 8.42 Å². The van der Waals surface area contributed by atoms with Crippen LogP contribution < -0.4 is 0 Å². The molecule has 0 aromatic carbocycles. The fourth-order valence-electron chi connectivity index (χ4n) is 3.73. The molecule has 0 aromatic rings. The third kappa shape index (κ3) is 4.04. The van der Waals surface area contributed by atoms with Crippen LogP contribution in [-0.4, -0.2) is 81.9 Å². The van der Waals surface area contributed by atoms with Crippen LogP contribution in [0.4, 0.5) is 0 Å². The average Bonchev–Trinajstić information content (AvgIpc) is 2.76. The van der Waals surface area contributed by atoms with E-state index in [9.17, 15) is 13.2 Å². The number of hydrogen-bond acceptors (Lipinski definition) is 5. The van der Waals surface area contributed by atoms with E-state index < -0.39 is 10.0 Å². The van der Waals surface area contributed by atoms with Crippen molar-refractivity contribution < 1.29 is 22.7 Å². The maximum Gasteiger partial charge on any atom is 0.225 e. The first kappa shape index (κ1) is 17.1. The van der Waals surface area contributed by atoms with Gasteiger partial charge in [0.1, 0.15) is 0 Å². The molecule has 8 heteroatoms. The Balaban J connectivity index is 1.61. The number of sulfonamides is 1. The smallest absolute Gasteiger partial charge is 0.225 e. The molecule has 3 saturated heterocycles. The van der Waals surface area contributed by atoms with Crippen LogP contribution in [0.5, 0.6) is 0 Å². The Morgan fingerprint density at radius 3 is 2.48 bits per heavy atom. The molecule has 1 amide bonds. The highest BCUT2D eigenvalue weighted by molar-refractivity contribution is 7.88. The van der Waals surface area contributed by atoms with Gasteiger partial charge >= 0.3 is 0 Å². The quantitative estimate of drug-likeness (QED) is 0.699. The molecule has 0 N–H and O–H groups in total. The second kappa shape index (κ2) is 7.04. The summed E-state index contributed by atoms with van der Waals surface area (Å²) in [7, 11) is -3.19. The molecule has 0 spiro atoms. The zero-order valence-corrected chi connectivity index (χ0v) is 14.5. The van der Waals surface area contributed by atoms with Gasteiger partial charge in [-0.2, -0.15) is 4.31 Å². The summed E-state index contributed by atoms with van der Waals surface area (Å²) < 4.78 is 36.3. The van der Waals surface area contributed by atoms with Crippen LogP contribution in [0.25, 0.3) is 0 Å². The van der Waals surface area contributed by atoms with Gasteiger partial charge in [-0.05, 0) is 19.3 Å². The van der Waals surface area contributed by atoms with Crippen molar-refractivity contribution in [3.63, 3.8) is 0 Å². The summed E-state index contributed by atoms with van der Waals surface area (Å²) in [4.78, 5) is 14.6. The monoisotopic (exact) mass is 346 g/mol. The van der Waals surface area contributed by atoms with Crippen molar-refractivity contribution in [2.24, 2.45) is 11.8 Å². The number of carbonyl (C=O) groups excluding carboxylic acids is 1. The van der Waals surface area contributed by atoms with Gasteiger partial charge in [0.25, 0.3) is 0 Å². The highest BCUT2D eigenvalue weighted by atomic mass is 32.2. The van der Waals surface area contributed by atoms with Crippen molar-refractivity contribution in [2.45, 2.75) is 25.4 Å². The third-order valence-electron chi connectivity index (χ3n) is 5.16. The molecule has 132 valence electrons. The number of hydrogen-bond donors (Lipinski definition) is 0. The number of piperidine rings is 1. The fraction of sp³-hybridized carbons (Fsp3) is 0.933. The second-order valence-electron chi connectivity index (χ2n) is 6.75. The van der Waals surface area contributed by atoms with E-state index in [-0.39, 0.29) is 23.8 Å². The lowest BCUT2D eigenvalue weighted by Crippen LogP contribution is -2.51. The van der Waals surface area contributed by atoms with Crippen LogP contribution in [0.2, 0.25) is 0 Å². The largest absolute Gasteiger partial charge is 0.381 e. The summed E-state index contributed by atoms with van der Waals surface area (Å²) in [5.74, 6) is 0.448. The van der Waals surface area contributed by atoms with Crippen LogP contribution in [-0.2, 0) is 24.3 Å². The van der Waals surface area contributed by atoms with Gasteiger partial charge in [0.05, 0.1) is 19.0 Å². The van der Waals surface area contributed by atoms with Gasteiger partial charge in [0, 0.05) is 51.2 Å². The van der Waals surface area contributed by atoms with Crippen LogP contribution in [0.1, 0.15) is 19.3 Å². The van der Waals surface area contributed by atoms with E-state index in [0.717, 1.165) is 19.3 Å². The van der Waals surface area contributed by atoms with E-state index in [1.54, 1.807) is 0 Å². The zero-order chi connectivity index (χ0) is 16.4. The Bertz CT molecular complexity index is 532. The summed E-state index contributed by atoms with van der Waals surface area (Å²) in [5.41, 5.74) is 0. The lowest BCUT2D eigenvalue weighted by molar-refractivity contribution is -0.144.